The van der Waals surface area contributed by atoms with E-state index >= 15 is 0 Å². The standard InChI is InChI=1S/C43H54N2O10/c1-23(2)7-6-8-24(3)33-13-14-34-37-35(16-18-43(33,34)5)42(4)17-15-28(54-44(50)26-9-11-29-31(21-26)40(48)52-38(29)46)19-25(42)20-36(37)55-45(51)27-10-12-30-32(22-27)41(49)53-39(30)47/h9-12,21-25,28,33-37,44-45H,6-8,13-20H2,1-5H3. The third kappa shape index (κ3) is 6.66. The predicted molar refractivity (Wildman–Crippen MR) is 199 cm³/mol. The summed E-state index contributed by atoms with van der Waals surface area (Å²) in [5.74, 6) is -0.0274. The van der Waals surface area contributed by atoms with Gasteiger partial charge < -0.3 is 19.9 Å². The molecule has 296 valence electrons. The first-order valence-corrected chi connectivity index (χ1v) is 20.4. The van der Waals surface area contributed by atoms with Crippen LogP contribution in [0.4, 0.5) is 11.4 Å². The van der Waals surface area contributed by atoms with E-state index in [1.165, 1.54) is 62.1 Å². The van der Waals surface area contributed by atoms with Gasteiger partial charge in [-0.05, 0) is 116 Å². The maximum atomic E-state index is 14.0. The van der Waals surface area contributed by atoms with Crippen molar-refractivity contribution in [2.45, 2.75) is 117 Å². The minimum Gasteiger partial charge on any atom is -0.595 e. The quantitative estimate of drug-likeness (QED) is 0.150. The number of esters is 4. The molecule has 12 atom stereocenters. The van der Waals surface area contributed by atoms with Gasteiger partial charge in [-0.25, -0.2) is 19.2 Å². The third-order valence-electron chi connectivity index (χ3n) is 15.1. The van der Waals surface area contributed by atoms with Gasteiger partial charge in [-0.1, -0.05) is 53.9 Å². The molecule has 0 aromatic heterocycles. The molecular formula is C43H54N2O10. The lowest BCUT2D eigenvalue weighted by Crippen LogP contribution is -3.02. The topological polar surface area (TPSA) is 160 Å². The maximum Gasteiger partial charge on any atom is 0.347 e. The lowest BCUT2D eigenvalue weighted by atomic mass is 9.43. The Bertz CT molecular complexity index is 1880. The van der Waals surface area contributed by atoms with Gasteiger partial charge in [0.2, 0.25) is 0 Å². The van der Waals surface area contributed by atoms with Crippen molar-refractivity contribution in [3.63, 3.8) is 0 Å². The van der Waals surface area contributed by atoms with Crippen molar-refractivity contribution < 1.29 is 48.8 Å². The van der Waals surface area contributed by atoms with Gasteiger partial charge in [0, 0.05) is 24.3 Å². The first-order chi connectivity index (χ1) is 26.2. The van der Waals surface area contributed by atoms with E-state index < -0.39 is 34.3 Å². The first-order valence-electron chi connectivity index (χ1n) is 20.4. The molecule has 12 nitrogen and oxygen atoms in total. The lowest BCUT2D eigenvalue weighted by Gasteiger charge is -2.62. The van der Waals surface area contributed by atoms with Crippen LogP contribution >= 0.6 is 0 Å². The van der Waals surface area contributed by atoms with Gasteiger partial charge in [0.25, 0.3) is 0 Å². The second-order valence-electron chi connectivity index (χ2n) is 18.4. The average Bonchev–Trinajstić information content (AvgIpc) is 3.76. The summed E-state index contributed by atoms with van der Waals surface area (Å²) >= 11 is 0. The van der Waals surface area contributed by atoms with Crippen LogP contribution in [0.25, 0.3) is 0 Å². The number of carbonyl (C=O) groups is 4. The van der Waals surface area contributed by atoms with Gasteiger partial charge in [-0.3, -0.25) is 0 Å². The monoisotopic (exact) mass is 758 g/mol. The Morgan fingerprint density at radius 1 is 0.709 bits per heavy atom. The van der Waals surface area contributed by atoms with Crippen LogP contribution in [0.2, 0.25) is 0 Å². The summed E-state index contributed by atoms with van der Waals surface area (Å²) in [6.07, 6.45) is 10.3. The van der Waals surface area contributed by atoms with Crippen molar-refractivity contribution in [2.75, 3.05) is 0 Å². The average molecular weight is 759 g/mol. The third-order valence-corrected chi connectivity index (χ3v) is 15.1. The van der Waals surface area contributed by atoms with Gasteiger partial charge in [0.05, 0.1) is 22.3 Å². The van der Waals surface area contributed by atoms with E-state index in [0.717, 1.165) is 25.7 Å². The highest BCUT2D eigenvalue weighted by Gasteiger charge is 2.64. The van der Waals surface area contributed by atoms with Crippen molar-refractivity contribution in [3.8, 4) is 0 Å². The van der Waals surface area contributed by atoms with E-state index in [4.69, 9.17) is 19.1 Å². The summed E-state index contributed by atoms with van der Waals surface area (Å²) in [4.78, 5) is 61.3. The molecule has 2 heterocycles. The largest absolute Gasteiger partial charge is 0.595 e. The molecule has 2 N–H and O–H groups in total. The number of benzene rings is 2. The molecule has 4 fully saturated rings. The van der Waals surface area contributed by atoms with Crippen molar-refractivity contribution in [1.82, 2.24) is 0 Å². The minimum absolute atomic E-state index is 0.0336. The second-order valence-corrected chi connectivity index (χ2v) is 18.4. The number of ether oxygens (including phenoxy) is 2. The summed E-state index contributed by atoms with van der Waals surface area (Å²) in [5, 5.41) is 26.4. The summed E-state index contributed by atoms with van der Waals surface area (Å²) < 4.78 is 9.47. The van der Waals surface area contributed by atoms with Crippen LogP contribution in [-0.2, 0) is 19.1 Å². The van der Waals surface area contributed by atoms with Gasteiger partial charge in [-0.15, -0.1) is 0 Å². The molecule has 0 amide bonds. The number of carbonyl (C=O) groups excluding carboxylic acids is 4. The number of nitrogens with one attached hydrogen (secondary N) is 2. The van der Waals surface area contributed by atoms with Crippen LogP contribution in [0.1, 0.15) is 147 Å². The zero-order valence-corrected chi connectivity index (χ0v) is 32.5. The Hall–Kier alpha value is -3.52. The Labute approximate surface area is 322 Å². The highest BCUT2D eigenvalue weighted by molar-refractivity contribution is 6.15. The second kappa shape index (κ2) is 14.5. The summed E-state index contributed by atoms with van der Waals surface area (Å²) in [5.41, 5.74) is 0.938. The number of hydrogen-bond donors (Lipinski definition) is 2. The molecule has 0 spiro atoms. The minimum atomic E-state index is -0.772. The number of hydrogen-bond acceptors (Lipinski definition) is 10. The predicted octanol–water partition coefficient (Wildman–Crippen LogP) is 6.37. The molecule has 55 heavy (non-hydrogen) atoms. The fourth-order valence-electron chi connectivity index (χ4n) is 12.3. The van der Waals surface area contributed by atoms with Crippen LogP contribution in [0, 0.1) is 62.7 Å². The molecule has 8 rings (SSSR count). The number of quaternary nitrogens is 2. The van der Waals surface area contributed by atoms with Gasteiger partial charge in [-0.2, -0.15) is 20.1 Å². The fourth-order valence-corrected chi connectivity index (χ4v) is 12.3. The molecule has 6 aliphatic rings. The van der Waals surface area contributed by atoms with E-state index in [2.05, 4.69) is 34.6 Å². The summed E-state index contributed by atoms with van der Waals surface area (Å²) in [7, 11) is 0. The van der Waals surface area contributed by atoms with Crippen LogP contribution in [0.3, 0.4) is 0 Å². The van der Waals surface area contributed by atoms with E-state index in [9.17, 15) is 29.6 Å². The molecule has 4 aliphatic carbocycles. The molecule has 0 saturated heterocycles. The van der Waals surface area contributed by atoms with Crippen LogP contribution in [-0.4, -0.2) is 36.1 Å². The van der Waals surface area contributed by atoms with Crippen molar-refractivity contribution in [2.24, 2.45) is 52.3 Å². The molecule has 12 heteroatoms. The Kier molecular flexibility index (Phi) is 10.1. The van der Waals surface area contributed by atoms with Crippen LogP contribution in [0.5, 0.6) is 0 Å². The van der Waals surface area contributed by atoms with Crippen molar-refractivity contribution in [1.29, 1.82) is 0 Å². The highest BCUT2D eigenvalue weighted by Crippen LogP contribution is 2.68. The molecule has 4 saturated carbocycles. The van der Waals surface area contributed by atoms with E-state index in [0.29, 0.717) is 48.9 Å². The molecule has 2 aromatic rings. The summed E-state index contributed by atoms with van der Waals surface area (Å²) in [6.45, 7) is 11.9. The van der Waals surface area contributed by atoms with E-state index in [-0.39, 0.29) is 68.5 Å². The normalized spacial score (nSPS) is 35.3. The molecule has 12 unspecified atom stereocenters. The van der Waals surface area contributed by atoms with Gasteiger partial charge in [0.15, 0.2) is 11.4 Å². The van der Waals surface area contributed by atoms with Gasteiger partial charge >= 0.3 is 23.9 Å². The zero-order valence-electron chi connectivity index (χ0n) is 32.5. The zero-order chi connectivity index (χ0) is 39.0. The van der Waals surface area contributed by atoms with Gasteiger partial charge in [0.1, 0.15) is 12.2 Å². The first kappa shape index (κ1) is 38.4. The Morgan fingerprint density at radius 3 is 1.89 bits per heavy atom. The summed E-state index contributed by atoms with van der Waals surface area (Å²) in [6, 6.07) is 8.69. The maximum absolute atomic E-state index is 14.0. The van der Waals surface area contributed by atoms with E-state index in [1.54, 1.807) is 0 Å². The van der Waals surface area contributed by atoms with E-state index in [1.807, 2.05) is 0 Å². The van der Waals surface area contributed by atoms with Crippen molar-refractivity contribution in [3.05, 3.63) is 69.1 Å². The number of rotatable bonds is 11. The molecule has 0 bridgehead atoms. The molecule has 2 aromatic carbocycles. The molecule has 0 radical (unpaired) electrons. The highest BCUT2D eigenvalue weighted by atomic mass is 16.9. The van der Waals surface area contributed by atoms with Crippen molar-refractivity contribution >= 4 is 35.3 Å². The SMILES string of the molecule is CC(C)CCCC(C)C1CCC2C3C(O[NH+]([O-])c4ccc5c(c4)C(=O)OC5=O)CC4CC(O[NH+]([O-])c5ccc6c(c5)C(=O)OC6=O)CCC4(C)C3CCC12C. The lowest BCUT2D eigenvalue weighted by molar-refractivity contribution is -1.01. The van der Waals surface area contributed by atoms with Crippen LogP contribution < -0.4 is 10.5 Å². The number of cyclic esters (lactones) is 4. The fraction of sp³-hybridized carbons (Fsp3) is 0.628. The van der Waals surface area contributed by atoms with Crippen LogP contribution in [0.15, 0.2) is 36.4 Å². The molecular weight excluding hydrogens is 704 g/mol. The smallest absolute Gasteiger partial charge is 0.347 e. The number of fused-ring (bicyclic) bond motifs is 7. The molecule has 2 aliphatic heterocycles. The Balaban J connectivity index is 1.05. The Morgan fingerprint density at radius 2 is 1.27 bits per heavy atom.